The third kappa shape index (κ3) is 4.97. The Hall–Kier alpha value is -2.81. The first-order valence-corrected chi connectivity index (χ1v) is 9.93. The molecule has 1 saturated heterocycles. The first-order valence-electron chi connectivity index (χ1n) is 9.93. The normalized spacial score (nSPS) is 20.8. The number of carbonyl (C=O) groups excluding carboxylic acids is 3. The summed E-state index contributed by atoms with van der Waals surface area (Å²) in [6, 6.07) is 2.28. The Morgan fingerprint density at radius 2 is 1.93 bits per heavy atom. The molecule has 9 nitrogen and oxygen atoms in total. The zero-order chi connectivity index (χ0) is 20.8. The van der Waals surface area contributed by atoms with Crippen molar-refractivity contribution < 1.29 is 28.3 Å². The molecule has 0 spiro atoms. The predicted octanol–water partition coefficient (Wildman–Crippen LogP) is 1.73. The predicted molar refractivity (Wildman–Crippen MR) is 103 cm³/mol. The minimum absolute atomic E-state index is 0.108. The van der Waals surface area contributed by atoms with Crippen molar-refractivity contribution in [2.75, 3.05) is 32.8 Å². The third-order valence-electron chi connectivity index (χ3n) is 5.07. The van der Waals surface area contributed by atoms with Gasteiger partial charge >= 0.3 is 18.0 Å². The lowest BCUT2D eigenvalue weighted by atomic mass is 9.95. The van der Waals surface area contributed by atoms with Crippen molar-refractivity contribution in [3.05, 3.63) is 35.4 Å². The van der Waals surface area contributed by atoms with Crippen molar-refractivity contribution in [1.82, 2.24) is 15.5 Å². The standard InChI is InChI=1S/C20H27N3O6/c1-3-27-18(24)13-7-9-23(10-8-13)12-14-16(19(25)28-4-2)17(22-20(26)21-14)15-6-5-11-29-15/h5-6,11,13,17H,3-4,7-10,12H2,1-2H3,(H2,21,22,26). The van der Waals surface area contributed by atoms with Gasteiger partial charge in [-0.05, 0) is 51.9 Å². The van der Waals surface area contributed by atoms with Gasteiger partial charge in [0.1, 0.15) is 11.8 Å². The number of ether oxygens (including phenoxy) is 2. The molecule has 1 fully saturated rings. The van der Waals surface area contributed by atoms with E-state index >= 15 is 0 Å². The molecule has 1 unspecified atom stereocenters. The second-order valence-corrected chi connectivity index (χ2v) is 6.96. The molecular weight excluding hydrogens is 378 g/mol. The highest BCUT2D eigenvalue weighted by molar-refractivity contribution is 5.95. The van der Waals surface area contributed by atoms with Crippen LogP contribution in [0.3, 0.4) is 0 Å². The summed E-state index contributed by atoms with van der Waals surface area (Å²) in [7, 11) is 0. The van der Waals surface area contributed by atoms with Crippen LogP contribution in [0.1, 0.15) is 38.5 Å². The van der Waals surface area contributed by atoms with Crippen LogP contribution in [-0.2, 0) is 19.1 Å². The second kappa shape index (κ2) is 9.60. The van der Waals surface area contributed by atoms with E-state index in [-0.39, 0.29) is 18.5 Å². The van der Waals surface area contributed by atoms with Crippen molar-refractivity contribution in [3.8, 4) is 0 Å². The summed E-state index contributed by atoms with van der Waals surface area (Å²) in [6.45, 7) is 5.83. The number of carbonyl (C=O) groups is 3. The largest absolute Gasteiger partial charge is 0.467 e. The molecule has 0 aliphatic carbocycles. The van der Waals surface area contributed by atoms with Crippen molar-refractivity contribution in [2.45, 2.75) is 32.7 Å². The number of likely N-dealkylation sites (tertiary alicyclic amines) is 1. The summed E-state index contributed by atoms with van der Waals surface area (Å²) in [5.41, 5.74) is 0.817. The number of furan rings is 1. The van der Waals surface area contributed by atoms with Gasteiger partial charge in [-0.1, -0.05) is 0 Å². The van der Waals surface area contributed by atoms with Gasteiger partial charge < -0.3 is 24.5 Å². The molecule has 2 aliphatic rings. The Kier molecular flexibility index (Phi) is 6.92. The fourth-order valence-electron chi connectivity index (χ4n) is 3.67. The summed E-state index contributed by atoms with van der Waals surface area (Å²) in [5.74, 6) is -0.311. The van der Waals surface area contributed by atoms with Crippen LogP contribution in [0.2, 0.25) is 0 Å². The Bertz CT molecular complexity index is 765. The lowest BCUT2D eigenvalue weighted by molar-refractivity contribution is -0.149. The molecule has 2 amide bonds. The highest BCUT2D eigenvalue weighted by Gasteiger charge is 2.36. The van der Waals surface area contributed by atoms with E-state index in [2.05, 4.69) is 15.5 Å². The van der Waals surface area contributed by atoms with Crippen LogP contribution >= 0.6 is 0 Å². The quantitative estimate of drug-likeness (QED) is 0.665. The molecule has 1 atom stereocenters. The molecule has 3 rings (SSSR count). The summed E-state index contributed by atoms with van der Waals surface area (Å²) >= 11 is 0. The van der Waals surface area contributed by atoms with Crippen molar-refractivity contribution in [1.29, 1.82) is 0 Å². The van der Waals surface area contributed by atoms with E-state index in [0.717, 1.165) is 0 Å². The van der Waals surface area contributed by atoms with Crippen LogP contribution in [0.4, 0.5) is 4.79 Å². The average Bonchev–Trinajstić information content (AvgIpc) is 3.23. The van der Waals surface area contributed by atoms with Gasteiger partial charge in [-0.15, -0.1) is 0 Å². The van der Waals surface area contributed by atoms with Crippen LogP contribution in [0.15, 0.2) is 34.1 Å². The van der Waals surface area contributed by atoms with Crippen molar-refractivity contribution in [3.63, 3.8) is 0 Å². The molecule has 1 aromatic rings. The molecule has 2 aliphatic heterocycles. The van der Waals surface area contributed by atoms with Gasteiger partial charge in [-0.3, -0.25) is 9.69 Å². The smallest absolute Gasteiger partial charge is 0.338 e. The lowest BCUT2D eigenvalue weighted by Crippen LogP contribution is -2.49. The Balaban J connectivity index is 1.78. The molecule has 9 heteroatoms. The van der Waals surface area contributed by atoms with Gasteiger partial charge in [-0.25, -0.2) is 9.59 Å². The van der Waals surface area contributed by atoms with Gasteiger partial charge in [0.05, 0.1) is 31.0 Å². The number of esters is 2. The molecule has 29 heavy (non-hydrogen) atoms. The van der Waals surface area contributed by atoms with E-state index < -0.39 is 18.0 Å². The molecular formula is C20H27N3O6. The zero-order valence-electron chi connectivity index (χ0n) is 16.7. The fraction of sp³-hybridized carbons (Fsp3) is 0.550. The first kappa shape index (κ1) is 20.9. The summed E-state index contributed by atoms with van der Waals surface area (Å²) in [5, 5.41) is 5.48. The number of nitrogens with one attached hydrogen (secondary N) is 2. The lowest BCUT2D eigenvalue weighted by Gasteiger charge is -2.34. The van der Waals surface area contributed by atoms with E-state index in [4.69, 9.17) is 13.9 Å². The number of amides is 2. The minimum atomic E-state index is -0.718. The molecule has 2 N–H and O–H groups in total. The molecule has 1 aromatic heterocycles. The highest BCUT2D eigenvalue weighted by Crippen LogP contribution is 2.29. The number of rotatable bonds is 7. The first-order chi connectivity index (χ1) is 14.0. The minimum Gasteiger partial charge on any atom is -0.467 e. The zero-order valence-corrected chi connectivity index (χ0v) is 16.7. The highest BCUT2D eigenvalue weighted by atomic mass is 16.5. The van der Waals surface area contributed by atoms with E-state index in [1.807, 2.05) is 0 Å². The SMILES string of the molecule is CCOC(=O)C1=C(CN2CCC(C(=O)OCC)CC2)NC(=O)NC1c1ccco1. The maximum Gasteiger partial charge on any atom is 0.338 e. The monoisotopic (exact) mass is 405 g/mol. The van der Waals surface area contributed by atoms with Crippen LogP contribution in [0.5, 0.6) is 0 Å². The molecule has 0 saturated carbocycles. The average molecular weight is 405 g/mol. The fourth-order valence-corrected chi connectivity index (χ4v) is 3.67. The van der Waals surface area contributed by atoms with Crippen LogP contribution < -0.4 is 10.6 Å². The maximum atomic E-state index is 12.7. The van der Waals surface area contributed by atoms with Gasteiger partial charge in [-0.2, -0.15) is 0 Å². The van der Waals surface area contributed by atoms with Crippen LogP contribution in [0, 0.1) is 5.92 Å². The summed E-state index contributed by atoms with van der Waals surface area (Å²) in [6.07, 6.45) is 2.84. The molecule has 0 aromatic carbocycles. The molecule has 3 heterocycles. The van der Waals surface area contributed by atoms with Crippen molar-refractivity contribution >= 4 is 18.0 Å². The van der Waals surface area contributed by atoms with Crippen molar-refractivity contribution in [2.24, 2.45) is 5.92 Å². The van der Waals surface area contributed by atoms with Gasteiger partial charge in [0.15, 0.2) is 0 Å². The maximum absolute atomic E-state index is 12.7. The molecule has 0 bridgehead atoms. The number of piperidine rings is 1. The number of hydrogen-bond donors (Lipinski definition) is 2. The van der Waals surface area contributed by atoms with E-state index in [9.17, 15) is 14.4 Å². The van der Waals surface area contributed by atoms with Crippen LogP contribution in [-0.4, -0.2) is 55.7 Å². The number of hydrogen-bond acceptors (Lipinski definition) is 7. The third-order valence-corrected chi connectivity index (χ3v) is 5.07. The Labute approximate surface area is 169 Å². The Morgan fingerprint density at radius 1 is 1.21 bits per heavy atom. The van der Waals surface area contributed by atoms with E-state index in [1.54, 1.807) is 26.0 Å². The number of urea groups is 1. The van der Waals surface area contributed by atoms with Crippen LogP contribution in [0.25, 0.3) is 0 Å². The van der Waals surface area contributed by atoms with E-state index in [1.165, 1.54) is 6.26 Å². The Morgan fingerprint density at radius 3 is 2.55 bits per heavy atom. The topological polar surface area (TPSA) is 110 Å². The van der Waals surface area contributed by atoms with E-state index in [0.29, 0.717) is 56.1 Å². The molecule has 0 radical (unpaired) electrons. The van der Waals surface area contributed by atoms with Gasteiger partial charge in [0.25, 0.3) is 0 Å². The second-order valence-electron chi connectivity index (χ2n) is 6.96. The molecule has 158 valence electrons. The van der Waals surface area contributed by atoms with Gasteiger partial charge in [0, 0.05) is 12.2 Å². The summed E-state index contributed by atoms with van der Waals surface area (Å²) in [4.78, 5) is 39.0. The van der Waals surface area contributed by atoms with Gasteiger partial charge in [0.2, 0.25) is 0 Å². The summed E-state index contributed by atoms with van der Waals surface area (Å²) < 4.78 is 15.8. The number of nitrogens with zero attached hydrogens (tertiary/aromatic N) is 1.